The molecule has 0 aliphatic heterocycles. The van der Waals surface area contributed by atoms with Gasteiger partial charge in [-0.1, -0.05) is 6.08 Å². The minimum Gasteiger partial charge on any atom is -0.255 e. The van der Waals surface area contributed by atoms with Gasteiger partial charge < -0.3 is 0 Å². The number of aromatic nitrogens is 1. The minimum absolute atomic E-state index is 1.11. The van der Waals surface area contributed by atoms with Crippen molar-refractivity contribution in [1.82, 2.24) is 4.98 Å². The average molecular weight is 238 g/mol. The van der Waals surface area contributed by atoms with E-state index in [0.717, 1.165) is 10.2 Å². The fraction of sp³-hybridized carbons (Fsp3) is 0.364. The number of rotatable bonds is 1. The van der Waals surface area contributed by atoms with Gasteiger partial charge in [-0.15, -0.1) is 0 Å². The summed E-state index contributed by atoms with van der Waals surface area (Å²) in [6.07, 6.45) is 9.18. The molecule has 1 aliphatic carbocycles. The molecule has 0 amide bonds. The Bertz CT molecular complexity index is 331. The van der Waals surface area contributed by atoms with E-state index < -0.39 is 0 Å². The van der Waals surface area contributed by atoms with Crippen LogP contribution >= 0.6 is 15.9 Å². The second kappa shape index (κ2) is 4.05. The SMILES string of the molecule is Brc1cccnc1C1=CCCCC1. The second-order valence-corrected chi connectivity index (χ2v) is 4.16. The van der Waals surface area contributed by atoms with Crippen molar-refractivity contribution in [1.29, 1.82) is 0 Å². The molecule has 0 bridgehead atoms. The summed E-state index contributed by atoms with van der Waals surface area (Å²) in [4.78, 5) is 4.39. The van der Waals surface area contributed by atoms with Crippen LogP contribution in [-0.4, -0.2) is 4.98 Å². The zero-order valence-corrected chi connectivity index (χ0v) is 9.05. The van der Waals surface area contributed by atoms with Gasteiger partial charge in [0.05, 0.1) is 5.69 Å². The Hall–Kier alpha value is -0.630. The van der Waals surface area contributed by atoms with Crippen LogP contribution in [0.15, 0.2) is 28.9 Å². The summed E-state index contributed by atoms with van der Waals surface area (Å²) in [6, 6.07) is 4.01. The highest BCUT2D eigenvalue weighted by Gasteiger charge is 2.09. The first-order chi connectivity index (χ1) is 6.38. The summed E-state index contributed by atoms with van der Waals surface area (Å²) in [6.45, 7) is 0. The van der Waals surface area contributed by atoms with Crippen molar-refractivity contribution in [2.24, 2.45) is 0 Å². The zero-order valence-electron chi connectivity index (χ0n) is 7.46. The number of nitrogens with zero attached hydrogens (tertiary/aromatic N) is 1. The largest absolute Gasteiger partial charge is 0.255 e. The third-order valence-electron chi connectivity index (χ3n) is 2.35. The fourth-order valence-electron chi connectivity index (χ4n) is 1.68. The zero-order chi connectivity index (χ0) is 9.10. The van der Waals surface area contributed by atoms with Crippen molar-refractivity contribution in [3.63, 3.8) is 0 Å². The summed E-state index contributed by atoms with van der Waals surface area (Å²) in [7, 11) is 0. The van der Waals surface area contributed by atoms with Crippen molar-refractivity contribution >= 4 is 21.5 Å². The van der Waals surface area contributed by atoms with E-state index in [4.69, 9.17) is 0 Å². The van der Waals surface area contributed by atoms with E-state index in [2.05, 4.69) is 33.1 Å². The molecule has 1 aromatic heterocycles. The molecule has 1 nitrogen and oxygen atoms in total. The maximum absolute atomic E-state index is 4.39. The highest BCUT2D eigenvalue weighted by Crippen LogP contribution is 2.29. The lowest BCUT2D eigenvalue weighted by atomic mass is 9.97. The Morgan fingerprint density at radius 2 is 2.23 bits per heavy atom. The van der Waals surface area contributed by atoms with E-state index in [1.54, 1.807) is 0 Å². The lowest BCUT2D eigenvalue weighted by Gasteiger charge is -2.12. The van der Waals surface area contributed by atoms with Crippen LogP contribution in [0.1, 0.15) is 31.4 Å². The maximum atomic E-state index is 4.39. The second-order valence-electron chi connectivity index (χ2n) is 3.31. The Morgan fingerprint density at radius 3 is 2.92 bits per heavy atom. The van der Waals surface area contributed by atoms with E-state index in [9.17, 15) is 0 Å². The van der Waals surface area contributed by atoms with Crippen molar-refractivity contribution in [3.05, 3.63) is 34.6 Å². The third kappa shape index (κ3) is 1.99. The van der Waals surface area contributed by atoms with Crippen LogP contribution in [0.5, 0.6) is 0 Å². The van der Waals surface area contributed by atoms with Crippen LogP contribution in [0.4, 0.5) is 0 Å². The topological polar surface area (TPSA) is 12.9 Å². The quantitative estimate of drug-likeness (QED) is 0.725. The molecule has 0 saturated heterocycles. The van der Waals surface area contributed by atoms with Crippen LogP contribution in [0.3, 0.4) is 0 Å². The fourth-order valence-corrected chi connectivity index (χ4v) is 2.18. The minimum atomic E-state index is 1.11. The highest BCUT2D eigenvalue weighted by molar-refractivity contribution is 9.10. The van der Waals surface area contributed by atoms with Crippen molar-refractivity contribution < 1.29 is 0 Å². The van der Waals surface area contributed by atoms with E-state index in [-0.39, 0.29) is 0 Å². The van der Waals surface area contributed by atoms with Crippen LogP contribution < -0.4 is 0 Å². The Balaban J connectivity index is 2.34. The van der Waals surface area contributed by atoms with Crippen molar-refractivity contribution in [2.45, 2.75) is 25.7 Å². The Kier molecular flexibility index (Phi) is 2.79. The van der Waals surface area contributed by atoms with Gasteiger partial charge in [0.25, 0.3) is 0 Å². The smallest absolute Gasteiger partial charge is 0.0800 e. The summed E-state index contributed by atoms with van der Waals surface area (Å²) < 4.78 is 1.11. The number of halogens is 1. The predicted octanol–water partition coefficient (Wildman–Crippen LogP) is 3.80. The van der Waals surface area contributed by atoms with Gasteiger partial charge in [0.2, 0.25) is 0 Å². The molecule has 0 N–H and O–H groups in total. The molecule has 13 heavy (non-hydrogen) atoms. The summed E-state index contributed by atoms with van der Waals surface area (Å²) in [5.74, 6) is 0. The maximum Gasteiger partial charge on any atom is 0.0800 e. The Labute approximate surface area is 87.0 Å². The van der Waals surface area contributed by atoms with Gasteiger partial charge in [0.1, 0.15) is 0 Å². The van der Waals surface area contributed by atoms with E-state index in [0.29, 0.717) is 0 Å². The van der Waals surface area contributed by atoms with Gasteiger partial charge in [-0.25, -0.2) is 0 Å². The lowest BCUT2D eigenvalue weighted by molar-refractivity contribution is 0.739. The standard InChI is InChI=1S/C11H12BrN/c12-10-7-4-8-13-11(10)9-5-2-1-3-6-9/h4-5,7-8H,1-3,6H2. The molecule has 1 aliphatic rings. The molecule has 1 heterocycles. The van der Waals surface area contributed by atoms with E-state index >= 15 is 0 Å². The molecule has 0 saturated carbocycles. The van der Waals surface area contributed by atoms with Gasteiger partial charge in [0.15, 0.2) is 0 Å². The van der Waals surface area contributed by atoms with Gasteiger partial charge >= 0.3 is 0 Å². The molecule has 2 rings (SSSR count). The normalized spacial score (nSPS) is 16.8. The lowest BCUT2D eigenvalue weighted by Crippen LogP contribution is -1.95. The first-order valence-corrected chi connectivity index (χ1v) is 5.47. The van der Waals surface area contributed by atoms with Crippen LogP contribution in [0.2, 0.25) is 0 Å². The summed E-state index contributed by atoms with van der Waals surface area (Å²) in [5, 5.41) is 0. The molecular formula is C11H12BrN. The molecule has 0 fully saturated rings. The molecule has 68 valence electrons. The van der Waals surface area contributed by atoms with Crippen LogP contribution in [0.25, 0.3) is 5.57 Å². The molecular weight excluding hydrogens is 226 g/mol. The first-order valence-electron chi connectivity index (χ1n) is 4.68. The number of hydrogen-bond donors (Lipinski definition) is 0. The van der Waals surface area contributed by atoms with E-state index in [1.165, 1.54) is 31.3 Å². The van der Waals surface area contributed by atoms with Crippen molar-refractivity contribution in [3.8, 4) is 0 Å². The predicted molar refractivity (Wildman–Crippen MR) is 58.4 cm³/mol. The van der Waals surface area contributed by atoms with Gasteiger partial charge in [-0.05, 0) is 59.3 Å². The molecule has 0 unspecified atom stereocenters. The van der Waals surface area contributed by atoms with Gasteiger partial charge in [-0.3, -0.25) is 4.98 Å². The molecule has 0 atom stereocenters. The molecule has 0 aromatic carbocycles. The Morgan fingerprint density at radius 1 is 1.31 bits per heavy atom. The molecule has 0 spiro atoms. The monoisotopic (exact) mass is 237 g/mol. The van der Waals surface area contributed by atoms with E-state index in [1.807, 2.05) is 12.3 Å². The highest BCUT2D eigenvalue weighted by atomic mass is 79.9. The van der Waals surface area contributed by atoms with Gasteiger partial charge in [-0.2, -0.15) is 0 Å². The average Bonchev–Trinajstić information content (AvgIpc) is 2.20. The molecule has 2 heteroatoms. The van der Waals surface area contributed by atoms with Crippen LogP contribution in [0, 0.1) is 0 Å². The van der Waals surface area contributed by atoms with Crippen molar-refractivity contribution in [2.75, 3.05) is 0 Å². The molecule has 1 aromatic rings. The van der Waals surface area contributed by atoms with Crippen LogP contribution in [-0.2, 0) is 0 Å². The number of pyridine rings is 1. The number of hydrogen-bond acceptors (Lipinski definition) is 1. The van der Waals surface area contributed by atoms with Gasteiger partial charge in [0, 0.05) is 10.7 Å². The third-order valence-corrected chi connectivity index (χ3v) is 2.99. The first kappa shape index (κ1) is 8.95. The summed E-state index contributed by atoms with van der Waals surface area (Å²) >= 11 is 3.53. The molecule has 0 radical (unpaired) electrons. The number of allylic oxidation sites excluding steroid dienone is 2. The summed E-state index contributed by atoms with van der Waals surface area (Å²) in [5.41, 5.74) is 2.53.